The van der Waals surface area contributed by atoms with E-state index in [1.165, 1.54) is 19.3 Å². The third kappa shape index (κ3) is 1.27. The van der Waals surface area contributed by atoms with Gasteiger partial charge < -0.3 is 11.1 Å². The number of hydrogen-bond acceptors (Lipinski definition) is 2. The molecule has 0 aromatic carbocycles. The Morgan fingerprint density at radius 2 is 2.08 bits per heavy atom. The zero-order valence-corrected chi connectivity index (χ0v) is 8.09. The standard InChI is InChI=1S/C10H20N2/c1-6(2)10-8(11)5-7-3-4-9(10)12-7/h6-10,12H,3-5,11H2,1-2H3. The van der Waals surface area contributed by atoms with Crippen molar-refractivity contribution in [3.05, 3.63) is 0 Å². The zero-order valence-electron chi connectivity index (χ0n) is 8.09. The van der Waals surface area contributed by atoms with Gasteiger partial charge in [0.2, 0.25) is 0 Å². The second kappa shape index (κ2) is 3.00. The molecule has 0 aromatic rings. The molecular formula is C10H20N2. The Hall–Kier alpha value is -0.0800. The highest BCUT2D eigenvalue weighted by Crippen LogP contribution is 2.34. The van der Waals surface area contributed by atoms with Crippen LogP contribution in [-0.2, 0) is 0 Å². The van der Waals surface area contributed by atoms with E-state index >= 15 is 0 Å². The van der Waals surface area contributed by atoms with Crippen LogP contribution >= 0.6 is 0 Å². The van der Waals surface area contributed by atoms with E-state index in [9.17, 15) is 0 Å². The van der Waals surface area contributed by atoms with E-state index in [1.54, 1.807) is 0 Å². The molecular weight excluding hydrogens is 148 g/mol. The zero-order chi connectivity index (χ0) is 8.72. The van der Waals surface area contributed by atoms with E-state index in [0.717, 1.165) is 18.0 Å². The number of nitrogens with one attached hydrogen (secondary N) is 1. The van der Waals surface area contributed by atoms with Gasteiger partial charge in [0.1, 0.15) is 0 Å². The fourth-order valence-electron chi connectivity index (χ4n) is 3.08. The van der Waals surface area contributed by atoms with Gasteiger partial charge in [0.15, 0.2) is 0 Å². The molecule has 0 aliphatic carbocycles. The van der Waals surface area contributed by atoms with Crippen LogP contribution in [0.5, 0.6) is 0 Å². The summed E-state index contributed by atoms with van der Waals surface area (Å²) in [6.07, 6.45) is 3.89. The van der Waals surface area contributed by atoms with Gasteiger partial charge in [-0.2, -0.15) is 0 Å². The van der Waals surface area contributed by atoms with Crippen molar-refractivity contribution >= 4 is 0 Å². The first-order valence-corrected chi connectivity index (χ1v) is 5.20. The minimum atomic E-state index is 0.448. The highest BCUT2D eigenvalue weighted by atomic mass is 15.0. The molecule has 2 aliphatic rings. The molecule has 4 atom stereocenters. The number of fused-ring (bicyclic) bond motifs is 2. The molecule has 2 nitrogen and oxygen atoms in total. The molecule has 0 aromatic heterocycles. The van der Waals surface area contributed by atoms with Crippen molar-refractivity contribution in [2.75, 3.05) is 0 Å². The van der Waals surface area contributed by atoms with Crippen molar-refractivity contribution in [2.45, 2.75) is 51.2 Å². The second-order valence-electron chi connectivity index (χ2n) is 4.77. The number of rotatable bonds is 1. The van der Waals surface area contributed by atoms with Crippen molar-refractivity contribution < 1.29 is 0 Å². The molecule has 2 fully saturated rings. The van der Waals surface area contributed by atoms with Gasteiger partial charge in [-0.1, -0.05) is 13.8 Å². The Morgan fingerprint density at radius 3 is 2.75 bits per heavy atom. The maximum Gasteiger partial charge on any atom is 0.0116 e. The average Bonchev–Trinajstić information content (AvgIpc) is 2.31. The van der Waals surface area contributed by atoms with Crippen LogP contribution in [0, 0.1) is 11.8 Å². The Kier molecular flexibility index (Phi) is 2.13. The molecule has 0 spiro atoms. The van der Waals surface area contributed by atoms with Crippen LogP contribution in [0.4, 0.5) is 0 Å². The summed E-state index contributed by atoms with van der Waals surface area (Å²) in [6, 6.07) is 1.91. The van der Waals surface area contributed by atoms with Crippen LogP contribution < -0.4 is 11.1 Å². The maximum absolute atomic E-state index is 6.16. The molecule has 2 rings (SSSR count). The fraction of sp³-hybridized carbons (Fsp3) is 1.00. The van der Waals surface area contributed by atoms with E-state index in [2.05, 4.69) is 19.2 Å². The topological polar surface area (TPSA) is 38.0 Å². The fourth-order valence-corrected chi connectivity index (χ4v) is 3.08. The van der Waals surface area contributed by atoms with E-state index in [4.69, 9.17) is 5.73 Å². The lowest BCUT2D eigenvalue weighted by atomic mass is 9.79. The van der Waals surface area contributed by atoms with Gasteiger partial charge >= 0.3 is 0 Å². The summed E-state index contributed by atoms with van der Waals surface area (Å²) >= 11 is 0. The molecule has 2 bridgehead atoms. The van der Waals surface area contributed by atoms with Gasteiger partial charge in [0.25, 0.3) is 0 Å². The summed E-state index contributed by atoms with van der Waals surface area (Å²) in [5, 5.41) is 3.67. The highest BCUT2D eigenvalue weighted by Gasteiger charge is 2.40. The first-order chi connectivity index (χ1) is 5.68. The van der Waals surface area contributed by atoms with Gasteiger partial charge in [0, 0.05) is 18.1 Å². The Balaban J connectivity index is 2.10. The lowest BCUT2D eigenvalue weighted by Gasteiger charge is -2.38. The van der Waals surface area contributed by atoms with Gasteiger partial charge in [-0.05, 0) is 31.1 Å². The lowest BCUT2D eigenvalue weighted by molar-refractivity contribution is 0.196. The van der Waals surface area contributed by atoms with Crippen LogP contribution in [0.15, 0.2) is 0 Å². The van der Waals surface area contributed by atoms with E-state index < -0.39 is 0 Å². The average molecular weight is 168 g/mol. The van der Waals surface area contributed by atoms with E-state index in [0.29, 0.717) is 12.0 Å². The minimum absolute atomic E-state index is 0.448. The van der Waals surface area contributed by atoms with Crippen LogP contribution in [0.25, 0.3) is 0 Å². The molecule has 0 saturated carbocycles. The molecule has 70 valence electrons. The molecule has 0 radical (unpaired) electrons. The second-order valence-corrected chi connectivity index (χ2v) is 4.77. The van der Waals surface area contributed by atoms with Crippen molar-refractivity contribution in [3.8, 4) is 0 Å². The number of nitrogens with two attached hydrogens (primary N) is 1. The number of piperidine rings is 1. The number of hydrogen-bond donors (Lipinski definition) is 2. The molecule has 2 aliphatic heterocycles. The van der Waals surface area contributed by atoms with Crippen LogP contribution in [0.2, 0.25) is 0 Å². The molecule has 4 unspecified atom stereocenters. The Labute approximate surface area is 74.9 Å². The van der Waals surface area contributed by atoms with E-state index in [1.807, 2.05) is 0 Å². The Bertz CT molecular complexity index is 167. The SMILES string of the molecule is CC(C)C1C(N)CC2CCC1N2. The first kappa shape index (κ1) is 8.52. The van der Waals surface area contributed by atoms with Crippen molar-refractivity contribution in [3.63, 3.8) is 0 Å². The minimum Gasteiger partial charge on any atom is -0.327 e. The van der Waals surface area contributed by atoms with Gasteiger partial charge in [-0.3, -0.25) is 0 Å². The predicted octanol–water partition coefficient (Wildman–Crippen LogP) is 1.11. The third-order valence-corrected chi connectivity index (χ3v) is 3.56. The van der Waals surface area contributed by atoms with Gasteiger partial charge in [0.05, 0.1) is 0 Å². The molecule has 2 saturated heterocycles. The quantitative estimate of drug-likeness (QED) is 0.615. The van der Waals surface area contributed by atoms with Crippen molar-refractivity contribution in [2.24, 2.45) is 17.6 Å². The van der Waals surface area contributed by atoms with Crippen molar-refractivity contribution in [1.82, 2.24) is 5.32 Å². The van der Waals surface area contributed by atoms with Crippen LogP contribution in [-0.4, -0.2) is 18.1 Å². The largest absolute Gasteiger partial charge is 0.327 e. The summed E-state index contributed by atoms with van der Waals surface area (Å²) in [7, 11) is 0. The van der Waals surface area contributed by atoms with Crippen LogP contribution in [0.3, 0.4) is 0 Å². The lowest BCUT2D eigenvalue weighted by Crippen LogP contribution is -2.53. The monoisotopic (exact) mass is 168 g/mol. The highest BCUT2D eigenvalue weighted by molar-refractivity contribution is 5.00. The molecule has 12 heavy (non-hydrogen) atoms. The van der Waals surface area contributed by atoms with Gasteiger partial charge in [-0.25, -0.2) is 0 Å². The Morgan fingerprint density at radius 1 is 1.33 bits per heavy atom. The normalized spacial score (nSPS) is 47.0. The van der Waals surface area contributed by atoms with Crippen molar-refractivity contribution in [1.29, 1.82) is 0 Å². The summed E-state index contributed by atoms with van der Waals surface area (Å²) in [6.45, 7) is 4.59. The summed E-state index contributed by atoms with van der Waals surface area (Å²) < 4.78 is 0. The summed E-state index contributed by atoms with van der Waals surface area (Å²) in [5.74, 6) is 1.44. The van der Waals surface area contributed by atoms with Gasteiger partial charge in [-0.15, -0.1) is 0 Å². The molecule has 3 N–H and O–H groups in total. The third-order valence-electron chi connectivity index (χ3n) is 3.56. The molecule has 0 amide bonds. The van der Waals surface area contributed by atoms with E-state index in [-0.39, 0.29) is 0 Å². The molecule has 2 heterocycles. The summed E-state index contributed by atoms with van der Waals surface area (Å²) in [5.41, 5.74) is 6.16. The van der Waals surface area contributed by atoms with Crippen LogP contribution in [0.1, 0.15) is 33.1 Å². The summed E-state index contributed by atoms with van der Waals surface area (Å²) in [4.78, 5) is 0. The smallest absolute Gasteiger partial charge is 0.0116 e. The predicted molar refractivity (Wildman–Crippen MR) is 50.9 cm³/mol. The maximum atomic E-state index is 6.16. The molecule has 2 heteroatoms. The first-order valence-electron chi connectivity index (χ1n) is 5.20.